The number of carbonyl (C=O) groups is 3. The van der Waals surface area contributed by atoms with Gasteiger partial charge in [0.05, 0.1) is 5.92 Å². The fourth-order valence-corrected chi connectivity index (χ4v) is 4.65. The lowest BCUT2D eigenvalue weighted by Crippen LogP contribution is -2.53. The highest BCUT2D eigenvalue weighted by Crippen LogP contribution is 2.22. The van der Waals surface area contributed by atoms with E-state index in [1.807, 2.05) is 48.5 Å². The van der Waals surface area contributed by atoms with Gasteiger partial charge in [-0.05, 0) is 69.2 Å². The number of hydrogen-bond donors (Lipinski definition) is 2. The maximum Gasteiger partial charge on any atom is 0.235 e. The summed E-state index contributed by atoms with van der Waals surface area (Å²) in [5.41, 5.74) is 2.07. The van der Waals surface area contributed by atoms with Crippen molar-refractivity contribution in [3.05, 3.63) is 71.8 Å². The Morgan fingerprint density at radius 1 is 0.950 bits per heavy atom. The number of nitrogens with one attached hydrogen (secondary N) is 2. The lowest BCUT2D eigenvalue weighted by atomic mass is 9.96. The van der Waals surface area contributed by atoms with Crippen molar-refractivity contribution in [2.45, 2.75) is 63.9 Å². The highest BCUT2D eigenvalue weighted by atomic mass is 35.5. The molecule has 0 spiro atoms. The highest BCUT2D eigenvalue weighted by molar-refractivity contribution is 5.85. The summed E-state index contributed by atoms with van der Waals surface area (Å²) in [6.45, 7) is 2.19. The fraction of sp³-hybridized carbons (Fsp3) is 0.500. The molecule has 1 saturated heterocycles. The summed E-state index contributed by atoms with van der Waals surface area (Å²) < 4.78 is 6.23. The van der Waals surface area contributed by atoms with Crippen molar-refractivity contribution in [1.82, 2.24) is 20.6 Å². The van der Waals surface area contributed by atoms with Crippen molar-refractivity contribution < 1.29 is 24.0 Å². The molecule has 10 heteroatoms. The summed E-state index contributed by atoms with van der Waals surface area (Å²) >= 11 is 0. The average Bonchev–Trinajstić information content (AvgIpc) is 2.97. The molecule has 220 valence electrons. The Labute approximate surface area is 243 Å². The van der Waals surface area contributed by atoms with Crippen LogP contribution in [0.1, 0.15) is 49.7 Å². The number of nitrogens with zero attached hydrogens (tertiary/aromatic N) is 2. The van der Waals surface area contributed by atoms with Gasteiger partial charge in [-0.3, -0.25) is 19.2 Å². The van der Waals surface area contributed by atoms with Gasteiger partial charge in [0.2, 0.25) is 18.7 Å². The van der Waals surface area contributed by atoms with E-state index in [0.717, 1.165) is 55.8 Å². The van der Waals surface area contributed by atoms with Crippen molar-refractivity contribution in [3.63, 3.8) is 0 Å². The van der Waals surface area contributed by atoms with E-state index in [1.54, 1.807) is 7.05 Å². The Bertz CT molecular complexity index is 985. The van der Waals surface area contributed by atoms with Crippen LogP contribution in [0, 0.1) is 5.92 Å². The van der Waals surface area contributed by atoms with Gasteiger partial charge >= 0.3 is 0 Å². The Morgan fingerprint density at radius 2 is 1.62 bits per heavy atom. The zero-order valence-corrected chi connectivity index (χ0v) is 24.1. The SMILES string of the molecule is CN(C=O)[C@H]1CCCNCCCCO[C@H](N(C=O)OCc2ccccc2)[C@@H](CCCc2ccccc2)C(=O)N1.Cl. The second-order valence-corrected chi connectivity index (χ2v) is 9.86. The van der Waals surface area contributed by atoms with Crippen LogP contribution in [0.3, 0.4) is 0 Å². The van der Waals surface area contributed by atoms with E-state index in [9.17, 15) is 14.4 Å². The molecule has 2 N–H and O–H groups in total. The molecule has 0 radical (unpaired) electrons. The number of rotatable bonds is 11. The Hall–Kier alpha value is -2.98. The lowest BCUT2D eigenvalue weighted by Gasteiger charge is -2.35. The number of aryl methyl sites for hydroxylation is 1. The molecule has 3 rings (SSSR count). The number of halogens is 1. The van der Waals surface area contributed by atoms with E-state index in [2.05, 4.69) is 22.8 Å². The molecule has 0 aliphatic carbocycles. The second-order valence-electron chi connectivity index (χ2n) is 9.86. The lowest BCUT2D eigenvalue weighted by molar-refractivity contribution is -0.252. The fourth-order valence-electron chi connectivity index (χ4n) is 4.65. The molecule has 3 atom stereocenters. The van der Waals surface area contributed by atoms with Crippen LogP contribution in [0.5, 0.6) is 0 Å². The molecule has 0 unspecified atom stereocenters. The van der Waals surface area contributed by atoms with Gasteiger partial charge in [0.1, 0.15) is 12.8 Å². The van der Waals surface area contributed by atoms with Gasteiger partial charge in [0, 0.05) is 13.7 Å². The van der Waals surface area contributed by atoms with Crippen molar-refractivity contribution in [2.75, 3.05) is 26.7 Å². The summed E-state index contributed by atoms with van der Waals surface area (Å²) in [5.74, 6) is -0.967. The molecule has 2 aromatic carbocycles. The van der Waals surface area contributed by atoms with Crippen LogP contribution in [0.25, 0.3) is 0 Å². The molecule has 1 aliphatic heterocycles. The predicted molar refractivity (Wildman–Crippen MR) is 156 cm³/mol. The van der Waals surface area contributed by atoms with Crippen LogP contribution in [-0.2, 0) is 37.0 Å². The summed E-state index contributed by atoms with van der Waals surface area (Å²) in [6.07, 6.45) is 5.00. The van der Waals surface area contributed by atoms with E-state index >= 15 is 0 Å². The minimum absolute atomic E-state index is 0. The molecular formula is C30H43ClN4O5. The van der Waals surface area contributed by atoms with E-state index in [-0.39, 0.29) is 24.9 Å². The molecule has 1 aliphatic rings. The first-order valence-electron chi connectivity index (χ1n) is 13.9. The zero-order chi connectivity index (χ0) is 27.7. The molecule has 3 amide bonds. The monoisotopic (exact) mass is 574 g/mol. The zero-order valence-electron chi connectivity index (χ0n) is 23.3. The number of amides is 3. The van der Waals surface area contributed by atoms with E-state index < -0.39 is 18.3 Å². The van der Waals surface area contributed by atoms with Crippen LogP contribution in [0.2, 0.25) is 0 Å². The molecule has 1 fully saturated rings. The van der Waals surface area contributed by atoms with Crippen LogP contribution < -0.4 is 10.6 Å². The smallest absolute Gasteiger partial charge is 0.235 e. The van der Waals surface area contributed by atoms with Crippen molar-refractivity contribution in [1.29, 1.82) is 0 Å². The number of ether oxygens (including phenoxy) is 1. The number of hydrogen-bond acceptors (Lipinski definition) is 6. The second kappa shape index (κ2) is 19.2. The molecule has 1 heterocycles. The minimum Gasteiger partial charge on any atom is -0.355 e. The van der Waals surface area contributed by atoms with Crippen molar-refractivity contribution in [3.8, 4) is 0 Å². The number of hydroxylamine groups is 2. The third-order valence-electron chi connectivity index (χ3n) is 6.92. The van der Waals surface area contributed by atoms with Gasteiger partial charge in [-0.2, -0.15) is 5.06 Å². The third kappa shape index (κ3) is 11.3. The molecule has 0 bridgehead atoms. The van der Waals surface area contributed by atoms with E-state index in [0.29, 0.717) is 32.3 Å². The maximum atomic E-state index is 13.8. The molecule has 9 nitrogen and oxygen atoms in total. The minimum atomic E-state index is -0.917. The van der Waals surface area contributed by atoms with Crippen molar-refractivity contribution in [2.24, 2.45) is 5.92 Å². The summed E-state index contributed by atoms with van der Waals surface area (Å²) in [5, 5.41) is 7.59. The molecule has 0 saturated carbocycles. The van der Waals surface area contributed by atoms with Crippen LogP contribution >= 0.6 is 12.4 Å². The molecule has 40 heavy (non-hydrogen) atoms. The summed E-state index contributed by atoms with van der Waals surface area (Å²) in [7, 11) is 1.66. The topological polar surface area (TPSA) is 100 Å². The van der Waals surface area contributed by atoms with E-state index in [1.165, 1.54) is 10.5 Å². The van der Waals surface area contributed by atoms with Gasteiger partial charge < -0.3 is 20.3 Å². The number of carbonyl (C=O) groups excluding carboxylic acids is 3. The molecule has 0 aromatic heterocycles. The van der Waals surface area contributed by atoms with Crippen LogP contribution in [0.4, 0.5) is 0 Å². The average molecular weight is 575 g/mol. The Kier molecular flexibility index (Phi) is 15.9. The predicted octanol–water partition coefficient (Wildman–Crippen LogP) is 3.67. The van der Waals surface area contributed by atoms with Crippen LogP contribution in [0.15, 0.2) is 60.7 Å². The van der Waals surface area contributed by atoms with Crippen LogP contribution in [-0.4, -0.2) is 67.8 Å². The first-order chi connectivity index (χ1) is 19.1. The Morgan fingerprint density at radius 3 is 2.30 bits per heavy atom. The molecular weight excluding hydrogens is 532 g/mol. The normalized spacial score (nSPS) is 20.7. The standard InChI is InChI=1S/C30H42N4O5.ClH/c1-33(23-35)28-18-11-20-31-19-8-9-21-38-30(34(24-36)39-22-26-14-6-3-7-15-26)27(29(37)32-28)17-10-16-25-12-4-2-5-13-25;/h2-7,12-15,23-24,27-28,30-31H,8-11,16-22H2,1H3,(H,32,37);1H/t27-,28-,30-;/m0./s1. The summed E-state index contributed by atoms with van der Waals surface area (Å²) in [4.78, 5) is 45.1. The summed E-state index contributed by atoms with van der Waals surface area (Å²) in [6, 6.07) is 19.6. The van der Waals surface area contributed by atoms with Gasteiger partial charge in [0.25, 0.3) is 0 Å². The Balaban J connectivity index is 0.00000560. The van der Waals surface area contributed by atoms with E-state index in [4.69, 9.17) is 9.57 Å². The third-order valence-corrected chi connectivity index (χ3v) is 6.92. The van der Waals surface area contributed by atoms with Gasteiger partial charge in [-0.1, -0.05) is 60.7 Å². The highest BCUT2D eigenvalue weighted by Gasteiger charge is 2.35. The van der Waals surface area contributed by atoms with Crippen molar-refractivity contribution >= 4 is 31.1 Å². The molecule has 2 aromatic rings. The quantitative estimate of drug-likeness (QED) is 0.314. The first kappa shape index (κ1) is 33.2. The maximum absolute atomic E-state index is 13.8. The van der Waals surface area contributed by atoms with Gasteiger partial charge in [-0.25, -0.2) is 0 Å². The first-order valence-corrected chi connectivity index (χ1v) is 13.9. The van der Waals surface area contributed by atoms with Gasteiger partial charge in [-0.15, -0.1) is 12.4 Å². The largest absolute Gasteiger partial charge is 0.355 e. The van der Waals surface area contributed by atoms with Gasteiger partial charge in [0.15, 0.2) is 6.23 Å². The number of benzene rings is 2.